The van der Waals surface area contributed by atoms with Gasteiger partial charge in [-0.3, -0.25) is 9.59 Å². The van der Waals surface area contributed by atoms with Crippen LogP contribution in [0.1, 0.15) is 74.7 Å². The Kier molecular flexibility index (Phi) is 9.81. The van der Waals surface area contributed by atoms with E-state index in [1.807, 2.05) is 12.2 Å². The minimum atomic E-state index is -5.03. The number of alkyl halides is 3. The first kappa shape index (κ1) is 30.9. The van der Waals surface area contributed by atoms with Crippen molar-refractivity contribution >= 4 is 17.8 Å². The maximum atomic E-state index is 12.9. The first-order chi connectivity index (χ1) is 18.6. The van der Waals surface area contributed by atoms with Crippen LogP contribution in [0.4, 0.5) is 18.0 Å². The van der Waals surface area contributed by atoms with Crippen molar-refractivity contribution in [1.82, 2.24) is 15.2 Å². The number of aryl methyl sites for hydroxylation is 1. The fourth-order valence-corrected chi connectivity index (χ4v) is 4.43. The highest BCUT2D eigenvalue weighted by Crippen LogP contribution is 2.27. The molecule has 11 heteroatoms. The molecule has 2 heterocycles. The molecular formula is C29H36F3N3O5. The number of carbonyl (C=O) groups is 3. The van der Waals surface area contributed by atoms with Gasteiger partial charge in [0.1, 0.15) is 23.1 Å². The third kappa shape index (κ3) is 8.96. The van der Waals surface area contributed by atoms with Crippen molar-refractivity contribution in [2.75, 3.05) is 13.1 Å². The lowest BCUT2D eigenvalue weighted by atomic mass is 9.92. The van der Waals surface area contributed by atoms with E-state index in [-0.39, 0.29) is 29.6 Å². The van der Waals surface area contributed by atoms with E-state index in [0.717, 1.165) is 18.4 Å². The molecule has 1 aromatic heterocycles. The Balaban J connectivity index is 1.67. The third-order valence-electron chi connectivity index (χ3n) is 6.41. The number of pyridine rings is 1. The number of Topliss-reactive ketones (excluding diaryl/α,β-unsaturated/α-hetero) is 1. The average molecular weight is 564 g/mol. The molecule has 0 aliphatic carbocycles. The molecule has 8 nitrogen and oxygen atoms in total. The smallest absolute Gasteiger partial charge is 0.471 e. The van der Waals surface area contributed by atoms with Gasteiger partial charge in [0.15, 0.2) is 5.78 Å². The van der Waals surface area contributed by atoms with E-state index in [9.17, 15) is 27.6 Å². The zero-order valence-corrected chi connectivity index (χ0v) is 23.4. The summed E-state index contributed by atoms with van der Waals surface area (Å²) in [6, 6.07) is 9.00. The molecular weight excluding hydrogens is 527 g/mol. The fraction of sp³-hybridized carbons (Fsp3) is 0.517. The molecule has 1 aliphatic rings. The minimum Gasteiger partial charge on any atom is -0.482 e. The number of ketones is 1. The van der Waals surface area contributed by atoms with Crippen LogP contribution in [-0.2, 0) is 9.53 Å². The topological polar surface area (TPSA) is 97.8 Å². The van der Waals surface area contributed by atoms with Gasteiger partial charge >= 0.3 is 18.2 Å². The molecule has 0 spiro atoms. The van der Waals surface area contributed by atoms with Crippen LogP contribution in [-0.4, -0.2) is 58.6 Å². The molecule has 1 fully saturated rings. The maximum Gasteiger partial charge on any atom is 0.471 e. The zero-order chi connectivity index (χ0) is 29.7. The van der Waals surface area contributed by atoms with Crippen molar-refractivity contribution in [2.45, 2.75) is 77.8 Å². The van der Waals surface area contributed by atoms with Crippen LogP contribution in [0.3, 0.4) is 0 Å². The van der Waals surface area contributed by atoms with Crippen LogP contribution in [0.15, 0.2) is 42.6 Å². The van der Waals surface area contributed by atoms with E-state index in [4.69, 9.17) is 9.47 Å². The number of nitrogens with zero attached hydrogens (tertiary/aromatic N) is 2. The van der Waals surface area contributed by atoms with E-state index in [1.54, 1.807) is 49.9 Å². The summed E-state index contributed by atoms with van der Waals surface area (Å²) in [5, 5.41) is 1.95. The Hall–Kier alpha value is -3.63. The van der Waals surface area contributed by atoms with Crippen molar-refractivity contribution in [3.05, 3.63) is 59.4 Å². The van der Waals surface area contributed by atoms with Gasteiger partial charge in [-0.05, 0) is 71.1 Å². The summed E-state index contributed by atoms with van der Waals surface area (Å²) in [5.41, 5.74) is 1.12. The summed E-state index contributed by atoms with van der Waals surface area (Å²) < 4.78 is 50.0. The molecule has 3 atom stereocenters. The lowest BCUT2D eigenvalue weighted by molar-refractivity contribution is -0.174. The van der Waals surface area contributed by atoms with Crippen LogP contribution in [0.5, 0.6) is 5.75 Å². The molecule has 40 heavy (non-hydrogen) atoms. The Labute approximate surface area is 232 Å². The van der Waals surface area contributed by atoms with Gasteiger partial charge in [0, 0.05) is 19.5 Å². The average Bonchev–Trinajstić information content (AvgIpc) is 2.86. The number of halogens is 3. The molecule has 0 radical (unpaired) electrons. The molecule has 1 saturated heterocycles. The van der Waals surface area contributed by atoms with Crippen LogP contribution in [0.2, 0.25) is 0 Å². The van der Waals surface area contributed by atoms with Crippen molar-refractivity contribution < 1.29 is 37.0 Å². The Morgan fingerprint density at radius 1 is 1.10 bits per heavy atom. The summed E-state index contributed by atoms with van der Waals surface area (Å²) in [4.78, 5) is 42.8. The molecule has 2 aromatic rings. The van der Waals surface area contributed by atoms with Crippen LogP contribution in [0.25, 0.3) is 0 Å². The van der Waals surface area contributed by atoms with Crippen LogP contribution >= 0.6 is 0 Å². The standard InChI is InChI=1S/C29H36F3N3O5/c1-18-8-10-21(11-9-18)25(19(2)34-26(37)29(30,31)32)39-22-12-13-23(33-16-22)24(36)15-20-7-6-14-35(17-20)27(38)40-28(3,4)5/h8-13,16,19-20,25H,6-7,14-15,17H2,1-5H3,(H,34,37)/t19-,20+,25+/m0/s1. The predicted molar refractivity (Wildman–Crippen MR) is 142 cm³/mol. The first-order valence-corrected chi connectivity index (χ1v) is 13.2. The number of ether oxygens (including phenoxy) is 2. The molecule has 1 aliphatic heterocycles. The van der Waals surface area contributed by atoms with Gasteiger partial charge in [0.25, 0.3) is 0 Å². The van der Waals surface area contributed by atoms with Gasteiger partial charge in [-0.2, -0.15) is 13.2 Å². The monoisotopic (exact) mass is 563 g/mol. The lowest BCUT2D eigenvalue weighted by Crippen LogP contribution is -2.45. The van der Waals surface area contributed by atoms with Gasteiger partial charge < -0.3 is 19.7 Å². The third-order valence-corrected chi connectivity index (χ3v) is 6.41. The highest BCUT2D eigenvalue weighted by Gasteiger charge is 2.40. The summed E-state index contributed by atoms with van der Waals surface area (Å²) in [6.07, 6.45) is -3.27. The zero-order valence-electron chi connectivity index (χ0n) is 23.4. The summed E-state index contributed by atoms with van der Waals surface area (Å²) in [7, 11) is 0. The second-order valence-corrected chi connectivity index (χ2v) is 11.2. The Morgan fingerprint density at radius 2 is 1.77 bits per heavy atom. The van der Waals surface area contributed by atoms with Gasteiger partial charge in [0.2, 0.25) is 0 Å². The van der Waals surface area contributed by atoms with Crippen LogP contribution in [0, 0.1) is 12.8 Å². The molecule has 2 amide bonds. The number of piperidine rings is 1. The second-order valence-electron chi connectivity index (χ2n) is 11.2. The number of benzene rings is 1. The Morgan fingerprint density at radius 3 is 2.35 bits per heavy atom. The fourth-order valence-electron chi connectivity index (χ4n) is 4.43. The molecule has 1 N–H and O–H groups in total. The summed E-state index contributed by atoms with van der Waals surface area (Å²) in [6.45, 7) is 9.70. The van der Waals surface area contributed by atoms with E-state index in [2.05, 4.69) is 4.98 Å². The number of carbonyl (C=O) groups excluding carboxylic acids is 3. The normalized spacial score (nSPS) is 17.5. The van der Waals surface area contributed by atoms with Gasteiger partial charge in [-0.15, -0.1) is 0 Å². The number of likely N-dealkylation sites (tertiary alicyclic amines) is 1. The minimum absolute atomic E-state index is 0.0319. The van der Waals surface area contributed by atoms with Crippen molar-refractivity contribution in [3.63, 3.8) is 0 Å². The van der Waals surface area contributed by atoms with Crippen molar-refractivity contribution in [3.8, 4) is 5.75 Å². The molecule has 0 saturated carbocycles. The van der Waals surface area contributed by atoms with E-state index in [0.29, 0.717) is 18.7 Å². The molecule has 0 unspecified atom stereocenters. The number of nitrogens with one attached hydrogen (secondary N) is 1. The second kappa shape index (κ2) is 12.7. The van der Waals surface area contributed by atoms with Gasteiger partial charge in [-0.25, -0.2) is 9.78 Å². The van der Waals surface area contributed by atoms with Gasteiger partial charge in [-0.1, -0.05) is 29.8 Å². The number of aromatic nitrogens is 1. The molecule has 3 rings (SSSR count). The van der Waals surface area contributed by atoms with E-state index in [1.165, 1.54) is 25.3 Å². The number of rotatable bonds is 8. The quantitative estimate of drug-likeness (QED) is 0.408. The summed E-state index contributed by atoms with van der Waals surface area (Å²) >= 11 is 0. The number of hydrogen-bond acceptors (Lipinski definition) is 6. The highest BCUT2D eigenvalue weighted by atomic mass is 19.4. The van der Waals surface area contributed by atoms with Crippen LogP contribution < -0.4 is 10.1 Å². The largest absolute Gasteiger partial charge is 0.482 e. The number of amides is 2. The first-order valence-electron chi connectivity index (χ1n) is 13.2. The SMILES string of the molecule is Cc1ccc([C@H](Oc2ccc(C(=O)C[C@H]3CCCN(C(=O)OC(C)(C)C)C3)nc2)[C@H](C)NC(=O)C(F)(F)F)cc1. The maximum absolute atomic E-state index is 12.9. The molecule has 1 aromatic carbocycles. The lowest BCUT2D eigenvalue weighted by Gasteiger charge is -2.33. The highest BCUT2D eigenvalue weighted by molar-refractivity contribution is 5.94. The van der Waals surface area contributed by atoms with E-state index >= 15 is 0 Å². The predicted octanol–water partition coefficient (Wildman–Crippen LogP) is 5.80. The van der Waals surface area contributed by atoms with Gasteiger partial charge in [0.05, 0.1) is 12.2 Å². The summed E-state index contributed by atoms with van der Waals surface area (Å²) in [5.74, 6) is -2.06. The number of hydrogen-bond donors (Lipinski definition) is 1. The van der Waals surface area contributed by atoms with E-state index < -0.39 is 35.9 Å². The van der Waals surface area contributed by atoms with Crippen molar-refractivity contribution in [2.24, 2.45) is 5.92 Å². The molecule has 218 valence electrons. The molecule has 0 bridgehead atoms. The van der Waals surface area contributed by atoms with Crippen molar-refractivity contribution in [1.29, 1.82) is 0 Å². The Bertz CT molecular complexity index is 1180.